The lowest BCUT2D eigenvalue weighted by Crippen LogP contribution is -2.30. The number of halogens is 4. The third-order valence-corrected chi connectivity index (χ3v) is 3.50. The highest BCUT2D eigenvalue weighted by molar-refractivity contribution is 7.93. The van der Waals surface area contributed by atoms with E-state index in [1.165, 1.54) is 35.9 Å². The molecule has 1 rings (SSSR count). The van der Waals surface area contributed by atoms with E-state index in [-0.39, 0.29) is 28.6 Å². The largest absolute Gasteiger partial charge is 0.516 e. The number of anilines is 1. The van der Waals surface area contributed by atoms with Gasteiger partial charge in [0.25, 0.3) is 0 Å². The van der Waals surface area contributed by atoms with Crippen LogP contribution in [0.3, 0.4) is 0 Å². The molecule has 0 amide bonds. The Hall–Kier alpha value is -1.74. The van der Waals surface area contributed by atoms with Gasteiger partial charge in [0, 0.05) is 5.56 Å². The minimum absolute atomic E-state index is 0.0880. The second kappa shape index (κ2) is 7.01. The van der Waals surface area contributed by atoms with E-state index in [9.17, 15) is 21.6 Å². The van der Waals surface area contributed by atoms with Crippen molar-refractivity contribution in [3.63, 3.8) is 0 Å². The number of sulfonamides is 1. The molecule has 0 aromatic heterocycles. The molecule has 0 saturated heterocycles. The van der Waals surface area contributed by atoms with Gasteiger partial charge in [-0.05, 0) is 13.0 Å². The molecule has 0 spiro atoms. The van der Waals surface area contributed by atoms with E-state index < -0.39 is 15.5 Å². The number of benzene rings is 1. The van der Waals surface area contributed by atoms with Crippen molar-refractivity contribution in [2.45, 2.75) is 12.4 Å². The lowest BCUT2D eigenvalue weighted by atomic mass is 10.1. The maximum absolute atomic E-state index is 12.4. The van der Waals surface area contributed by atoms with Gasteiger partial charge in [0.1, 0.15) is 0 Å². The number of hydrogen-bond acceptors (Lipinski definition) is 4. The van der Waals surface area contributed by atoms with Gasteiger partial charge in [0.15, 0.2) is 6.61 Å². The van der Waals surface area contributed by atoms with Crippen LogP contribution in [0.1, 0.15) is 12.5 Å². The van der Waals surface area contributed by atoms with E-state index in [0.717, 1.165) is 0 Å². The van der Waals surface area contributed by atoms with E-state index in [0.29, 0.717) is 0 Å². The van der Waals surface area contributed by atoms with Crippen molar-refractivity contribution >= 4 is 33.0 Å². The summed E-state index contributed by atoms with van der Waals surface area (Å²) in [4.78, 5) is 4.82. The summed E-state index contributed by atoms with van der Waals surface area (Å²) in [5.74, 6) is 0. The number of nitrogens with zero attached hydrogens (tertiary/aromatic N) is 1. The average Bonchev–Trinajstić information content (AvgIpc) is 2.37. The van der Waals surface area contributed by atoms with E-state index in [2.05, 4.69) is 11.7 Å². The molecular formula is C12H12ClF3N2O3S. The number of nitrogens with one attached hydrogen (secondary N) is 1. The Morgan fingerprint density at radius 3 is 2.55 bits per heavy atom. The van der Waals surface area contributed by atoms with Gasteiger partial charge in [-0.1, -0.05) is 41.5 Å². The first-order valence-corrected chi connectivity index (χ1v) is 7.59. The van der Waals surface area contributed by atoms with Crippen LogP contribution < -0.4 is 4.72 Å². The molecule has 1 aromatic rings. The van der Waals surface area contributed by atoms with Crippen molar-refractivity contribution in [1.82, 2.24) is 0 Å². The van der Waals surface area contributed by atoms with Crippen molar-refractivity contribution < 1.29 is 26.4 Å². The molecule has 22 heavy (non-hydrogen) atoms. The van der Waals surface area contributed by atoms with Crippen LogP contribution in [-0.2, 0) is 14.9 Å². The monoisotopic (exact) mass is 356 g/mol. The molecule has 0 saturated carbocycles. The summed E-state index contributed by atoms with van der Waals surface area (Å²) < 4.78 is 61.0. The molecular weight excluding hydrogens is 345 g/mol. The van der Waals surface area contributed by atoms with Crippen LogP contribution in [0.4, 0.5) is 18.9 Å². The average molecular weight is 357 g/mol. The molecule has 0 aliphatic carbocycles. The highest BCUT2D eigenvalue weighted by atomic mass is 35.5. The van der Waals surface area contributed by atoms with Crippen LogP contribution in [0.25, 0.3) is 0 Å². The van der Waals surface area contributed by atoms with Crippen LogP contribution >= 0.6 is 11.6 Å². The summed E-state index contributed by atoms with van der Waals surface area (Å²) in [6, 6.07) is 5.47. The molecule has 1 N–H and O–H groups in total. The summed E-state index contributed by atoms with van der Waals surface area (Å²) in [6.07, 6.45) is 0. The number of alkyl halides is 3. The zero-order valence-electron chi connectivity index (χ0n) is 11.3. The first-order chi connectivity index (χ1) is 10.0. The summed E-state index contributed by atoms with van der Waals surface area (Å²) in [6.45, 7) is 4.73. The fourth-order valence-corrected chi connectivity index (χ4v) is 1.97. The highest BCUT2D eigenvalue weighted by Gasteiger charge is 2.46. The Labute approximate surface area is 130 Å². The third-order valence-electron chi connectivity index (χ3n) is 2.29. The summed E-state index contributed by atoms with van der Waals surface area (Å²) >= 11 is 5.47. The van der Waals surface area contributed by atoms with Gasteiger partial charge in [-0.15, -0.1) is 0 Å². The van der Waals surface area contributed by atoms with E-state index in [1.807, 2.05) is 0 Å². The van der Waals surface area contributed by atoms with Gasteiger partial charge in [-0.2, -0.15) is 21.6 Å². The maximum atomic E-state index is 12.4. The molecule has 0 bridgehead atoms. The van der Waals surface area contributed by atoms with Crippen molar-refractivity contribution in [3.8, 4) is 0 Å². The SMILES string of the molecule is C=C(Cl)CO/N=C(\C)c1ccccc1NS(=O)(=O)C(F)(F)F. The Bertz CT molecular complexity index is 687. The normalized spacial score (nSPS) is 12.9. The zero-order chi connectivity index (χ0) is 17.0. The standard InChI is InChI=1S/C12H12ClF3N2O3S/c1-8(13)7-21-17-9(2)10-5-3-4-6-11(10)18-22(19,20)12(14,15)16/h3-6,18H,1,7H2,2H3/b17-9+. The Morgan fingerprint density at radius 1 is 1.41 bits per heavy atom. The Morgan fingerprint density at radius 2 is 2.00 bits per heavy atom. The fourth-order valence-electron chi connectivity index (χ4n) is 1.34. The third kappa shape index (κ3) is 4.92. The van der Waals surface area contributed by atoms with Crippen molar-refractivity contribution in [2.75, 3.05) is 11.3 Å². The Balaban J connectivity index is 3.07. The second-order valence-electron chi connectivity index (χ2n) is 4.06. The van der Waals surface area contributed by atoms with Crippen LogP contribution in [0, 0.1) is 0 Å². The highest BCUT2D eigenvalue weighted by Crippen LogP contribution is 2.27. The molecule has 1 aromatic carbocycles. The number of hydrogen-bond donors (Lipinski definition) is 1. The number of rotatable bonds is 6. The molecule has 0 unspecified atom stereocenters. The predicted molar refractivity (Wildman–Crippen MR) is 78.2 cm³/mol. The van der Waals surface area contributed by atoms with Crippen LogP contribution in [0.2, 0.25) is 0 Å². The molecule has 0 heterocycles. The fraction of sp³-hybridized carbons (Fsp3) is 0.250. The molecule has 0 aliphatic rings. The molecule has 10 heteroatoms. The van der Waals surface area contributed by atoms with E-state index >= 15 is 0 Å². The van der Waals surface area contributed by atoms with Gasteiger partial charge in [0.2, 0.25) is 0 Å². The summed E-state index contributed by atoms with van der Waals surface area (Å²) in [5, 5.41) is 3.83. The van der Waals surface area contributed by atoms with Crippen LogP contribution in [0.5, 0.6) is 0 Å². The van der Waals surface area contributed by atoms with Crippen molar-refractivity contribution in [3.05, 3.63) is 41.4 Å². The van der Waals surface area contributed by atoms with Gasteiger partial charge in [0.05, 0.1) is 16.4 Å². The second-order valence-corrected chi connectivity index (χ2v) is 6.27. The summed E-state index contributed by atoms with van der Waals surface area (Å²) in [7, 11) is -5.52. The first kappa shape index (κ1) is 18.3. The topological polar surface area (TPSA) is 67.8 Å². The van der Waals surface area contributed by atoms with Gasteiger partial charge < -0.3 is 4.84 Å². The minimum Gasteiger partial charge on any atom is -0.390 e. The van der Waals surface area contributed by atoms with Gasteiger partial charge in [-0.3, -0.25) is 4.72 Å². The molecule has 0 radical (unpaired) electrons. The maximum Gasteiger partial charge on any atom is 0.516 e. The van der Waals surface area contributed by atoms with Gasteiger partial charge >= 0.3 is 15.5 Å². The lowest BCUT2D eigenvalue weighted by molar-refractivity contribution is -0.0429. The summed E-state index contributed by atoms with van der Waals surface area (Å²) in [5.41, 5.74) is -5.39. The molecule has 0 fully saturated rings. The van der Waals surface area contributed by atoms with Crippen LogP contribution in [-0.4, -0.2) is 26.2 Å². The quantitative estimate of drug-likeness (QED) is 0.627. The van der Waals surface area contributed by atoms with Crippen molar-refractivity contribution in [1.29, 1.82) is 0 Å². The lowest BCUT2D eigenvalue weighted by Gasteiger charge is -2.13. The number of para-hydroxylation sites is 1. The zero-order valence-corrected chi connectivity index (χ0v) is 12.9. The molecule has 5 nitrogen and oxygen atoms in total. The van der Waals surface area contributed by atoms with Gasteiger partial charge in [-0.25, -0.2) is 0 Å². The smallest absolute Gasteiger partial charge is 0.390 e. The van der Waals surface area contributed by atoms with E-state index in [4.69, 9.17) is 16.4 Å². The van der Waals surface area contributed by atoms with Crippen molar-refractivity contribution in [2.24, 2.45) is 5.16 Å². The molecule has 122 valence electrons. The Kier molecular flexibility index (Phi) is 5.84. The van der Waals surface area contributed by atoms with E-state index in [1.54, 1.807) is 0 Å². The van der Waals surface area contributed by atoms with Crippen LogP contribution in [0.15, 0.2) is 41.0 Å². The molecule has 0 aliphatic heterocycles. The molecule has 0 atom stereocenters. The minimum atomic E-state index is -5.52. The predicted octanol–water partition coefficient (Wildman–Crippen LogP) is 3.44. The number of oxime groups is 1. The first-order valence-electron chi connectivity index (χ1n) is 5.73.